The van der Waals surface area contributed by atoms with Crippen molar-refractivity contribution < 1.29 is 23.9 Å². The number of likely N-dealkylation sites (tertiary alicyclic amines) is 1. The van der Waals surface area contributed by atoms with Gasteiger partial charge in [-0.05, 0) is 40.5 Å². The van der Waals surface area contributed by atoms with E-state index in [4.69, 9.17) is 9.47 Å². The Labute approximate surface area is 184 Å². The third-order valence-corrected chi connectivity index (χ3v) is 7.02. The van der Waals surface area contributed by atoms with Gasteiger partial charge in [-0.1, -0.05) is 54.6 Å². The van der Waals surface area contributed by atoms with E-state index in [1.807, 2.05) is 48.5 Å². The summed E-state index contributed by atoms with van der Waals surface area (Å²) in [6.45, 7) is -0.0643. The SMILES string of the molecule is COc1cccc(C(=O)OCCN2C(=O)C34c5ccccc5C3(C2=O)c2ccccc24)c1. The second kappa shape index (κ2) is 6.29. The summed E-state index contributed by atoms with van der Waals surface area (Å²) in [5.41, 5.74) is 2.03. The van der Waals surface area contributed by atoms with Crippen LogP contribution in [0.2, 0.25) is 0 Å². The molecule has 0 spiro atoms. The van der Waals surface area contributed by atoms with Gasteiger partial charge in [0.25, 0.3) is 0 Å². The fraction of sp³-hybridized carbons (Fsp3) is 0.192. The predicted molar refractivity (Wildman–Crippen MR) is 114 cm³/mol. The van der Waals surface area contributed by atoms with Gasteiger partial charge in [0.2, 0.25) is 11.8 Å². The van der Waals surface area contributed by atoms with Crippen molar-refractivity contribution in [3.63, 3.8) is 0 Å². The molecule has 1 aliphatic heterocycles. The fourth-order valence-electron chi connectivity index (χ4n) is 5.79. The first kappa shape index (κ1) is 18.8. The first-order valence-corrected chi connectivity index (χ1v) is 10.5. The minimum Gasteiger partial charge on any atom is -0.497 e. The van der Waals surface area contributed by atoms with E-state index in [1.54, 1.807) is 24.3 Å². The average Bonchev–Trinajstić information content (AvgIpc) is 2.92. The van der Waals surface area contributed by atoms with Crippen LogP contribution in [0.4, 0.5) is 0 Å². The van der Waals surface area contributed by atoms with Gasteiger partial charge >= 0.3 is 5.97 Å². The summed E-state index contributed by atoms with van der Waals surface area (Å²) in [5.74, 6) is -0.460. The maximum Gasteiger partial charge on any atom is 0.338 e. The lowest BCUT2D eigenvalue weighted by Crippen LogP contribution is -2.69. The van der Waals surface area contributed by atoms with Crippen LogP contribution in [0.1, 0.15) is 32.6 Å². The lowest BCUT2D eigenvalue weighted by Gasteiger charge is -2.61. The highest BCUT2D eigenvalue weighted by atomic mass is 16.5. The fourth-order valence-corrected chi connectivity index (χ4v) is 5.79. The van der Waals surface area contributed by atoms with Crippen LogP contribution in [-0.2, 0) is 25.2 Å². The number of imide groups is 1. The van der Waals surface area contributed by atoms with E-state index < -0.39 is 16.8 Å². The zero-order valence-electron chi connectivity index (χ0n) is 17.3. The maximum absolute atomic E-state index is 13.7. The smallest absolute Gasteiger partial charge is 0.338 e. The Morgan fingerprint density at radius 3 is 1.84 bits per heavy atom. The Morgan fingerprint density at radius 2 is 1.34 bits per heavy atom. The van der Waals surface area contributed by atoms with Gasteiger partial charge < -0.3 is 9.47 Å². The van der Waals surface area contributed by atoms with Crippen LogP contribution >= 0.6 is 0 Å². The molecule has 1 heterocycles. The minimum absolute atomic E-state index is 0.0128. The summed E-state index contributed by atoms with van der Waals surface area (Å²) in [7, 11) is 1.52. The number of ether oxygens (including phenoxy) is 2. The van der Waals surface area contributed by atoms with Crippen LogP contribution in [0.15, 0.2) is 72.8 Å². The van der Waals surface area contributed by atoms with Crippen LogP contribution in [0.5, 0.6) is 5.75 Å². The number of esters is 1. The zero-order chi connectivity index (χ0) is 22.1. The van der Waals surface area contributed by atoms with Gasteiger partial charge in [0.05, 0.1) is 19.2 Å². The second-order valence-corrected chi connectivity index (χ2v) is 8.22. The number of fused-ring (bicyclic) bond motifs is 2. The average molecular weight is 425 g/mol. The molecule has 0 N–H and O–H groups in total. The molecule has 0 atom stereocenters. The van der Waals surface area contributed by atoms with Crippen molar-refractivity contribution in [1.82, 2.24) is 4.90 Å². The van der Waals surface area contributed by atoms with Crippen LogP contribution in [-0.4, -0.2) is 42.9 Å². The Bertz CT molecular complexity index is 1210. The highest BCUT2D eigenvalue weighted by Crippen LogP contribution is 2.74. The van der Waals surface area contributed by atoms with Gasteiger partial charge in [-0.2, -0.15) is 0 Å². The van der Waals surface area contributed by atoms with Crippen molar-refractivity contribution in [3.05, 3.63) is 101 Å². The molecular formula is C26H19NO5. The molecule has 2 aliphatic carbocycles. The molecule has 0 saturated carbocycles. The number of hydrogen-bond acceptors (Lipinski definition) is 5. The van der Waals surface area contributed by atoms with E-state index in [0.717, 1.165) is 22.3 Å². The molecule has 6 nitrogen and oxygen atoms in total. The van der Waals surface area contributed by atoms with E-state index in [1.165, 1.54) is 12.0 Å². The molecule has 2 amide bonds. The number of nitrogens with zero attached hydrogens (tertiary/aromatic N) is 1. The summed E-state index contributed by atoms with van der Waals surface area (Å²) in [6.07, 6.45) is 0. The lowest BCUT2D eigenvalue weighted by molar-refractivity contribution is -0.140. The van der Waals surface area contributed by atoms with Gasteiger partial charge in [0.1, 0.15) is 23.2 Å². The third-order valence-electron chi connectivity index (χ3n) is 7.02. The van der Waals surface area contributed by atoms with Crippen LogP contribution in [0.3, 0.4) is 0 Å². The number of amides is 2. The molecule has 0 radical (unpaired) electrons. The van der Waals surface area contributed by atoms with E-state index >= 15 is 0 Å². The van der Waals surface area contributed by atoms with E-state index in [2.05, 4.69) is 0 Å². The highest BCUT2D eigenvalue weighted by molar-refractivity contribution is 6.26. The molecule has 3 aromatic carbocycles. The van der Waals surface area contributed by atoms with Crippen molar-refractivity contribution in [2.24, 2.45) is 0 Å². The van der Waals surface area contributed by atoms with Crippen molar-refractivity contribution >= 4 is 17.8 Å². The number of hydrogen-bond donors (Lipinski definition) is 0. The largest absolute Gasteiger partial charge is 0.497 e. The summed E-state index contributed by atoms with van der Waals surface area (Å²) in [4.78, 5) is 41.0. The Kier molecular flexibility index (Phi) is 3.70. The van der Waals surface area contributed by atoms with Crippen LogP contribution < -0.4 is 4.74 Å². The molecule has 6 rings (SSSR count). The highest BCUT2D eigenvalue weighted by Gasteiger charge is 2.85. The monoisotopic (exact) mass is 425 g/mol. The topological polar surface area (TPSA) is 72.9 Å². The van der Waals surface area contributed by atoms with Crippen molar-refractivity contribution in [2.75, 3.05) is 20.3 Å². The van der Waals surface area contributed by atoms with E-state index in [0.29, 0.717) is 11.3 Å². The van der Waals surface area contributed by atoms with Gasteiger partial charge in [0.15, 0.2) is 0 Å². The molecule has 6 heteroatoms. The standard InChI is InChI=1S/C26H19NO5/c1-31-17-8-6-7-16(15-17)22(28)32-14-13-27-23(29)25-18-9-2-3-10-19(18)26(25,24(27)30)21-12-5-4-11-20(21)25/h2-12,15H,13-14H2,1H3. The summed E-state index contributed by atoms with van der Waals surface area (Å²) < 4.78 is 10.5. The van der Waals surface area contributed by atoms with E-state index in [9.17, 15) is 14.4 Å². The van der Waals surface area contributed by atoms with Crippen molar-refractivity contribution in [2.45, 2.75) is 10.8 Å². The van der Waals surface area contributed by atoms with Gasteiger partial charge in [-0.25, -0.2) is 4.79 Å². The Hall–Kier alpha value is -3.93. The third kappa shape index (κ3) is 1.89. The normalized spacial score (nSPS) is 23.8. The first-order chi connectivity index (χ1) is 15.6. The molecule has 0 bridgehead atoms. The molecule has 1 fully saturated rings. The van der Waals surface area contributed by atoms with Crippen LogP contribution in [0.25, 0.3) is 0 Å². The van der Waals surface area contributed by atoms with Crippen LogP contribution in [0, 0.1) is 0 Å². The minimum atomic E-state index is -0.950. The molecular weight excluding hydrogens is 406 g/mol. The number of benzene rings is 3. The van der Waals surface area contributed by atoms with Crippen molar-refractivity contribution in [1.29, 1.82) is 0 Å². The van der Waals surface area contributed by atoms with Gasteiger partial charge in [-0.15, -0.1) is 0 Å². The molecule has 3 aromatic rings. The second-order valence-electron chi connectivity index (χ2n) is 8.22. The van der Waals surface area contributed by atoms with E-state index in [-0.39, 0.29) is 25.0 Å². The number of methoxy groups -OCH3 is 1. The quantitative estimate of drug-likeness (QED) is 0.464. The Balaban J connectivity index is 1.28. The van der Waals surface area contributed by atoms with Gasteiger partial charge in [-0.3, -0.25) is 14.5 Å². The zero-order valence-corrected chi connectivity index (χ0v) is 17.3. The molecule has 158 valence electrons. The lowest BCUT2D eigenvalue weighted by atomic mass is 9.35. The molecule has 0 unspecified atom stereocenters. The predicted octanol–water partition coefficient (Wildman–Crippen LogP) is 2.82. The van der Waals surface area contributed by atoms with Crippen molar-refractivity contribution in [3.8, 4) is 5.75 Å². The molecule has 0 aromatic heterocycles. The molecule has 1 saturated heterocycles. The number of carbonyl (C=O) groups excluding carboxylic acids is 3. The van der Waals surface area contributed by atoms with Gasteiger partial charge in [0, 0.05) is 0 Å². The molecule has 32 heavy (non-hydrogen) atoms. The summed E-state index contributed by atoms with van der Waals surface area (Å²) >= 11 is 0. The maximum atomic E-state index is 13.7. The summed E-state index contributed by atoms with van der Waals surface area (Å²) in [5, 5.41) is 0. The summed E-state index contributed by atoms with van der Waals surface area (Å²) in [6, 6.07) is 22.0. The number of rotatable bonds is 5. The first-order valence-electron chi connectivity index (χ1n) is 10.5. The molecule has 3 aliphatic rings. The Morgan fingerprint density at radius 1 is 0.812 bits per heavy atom. The number of carbonyl (C=O) groups is 3.